The van der Waals surface area contributed by atoms with Gasteiger partial charge < -0.3 is 19.5 Å². The van der Waals surface area contributed by atoms with E-state index < -0.39 is 0 Å². The van der Waals surface area contributed by atoms with Crippen molar-refractivity contribution in [3.63, 3.8) is 0 Å². The lowest BCUT2D eigenvalue weighted by atomic mass is 10.1. The lowest BCUT2D eigenvalue weighted by Crippen LogP contribution is -2.21. The van der Waals surface area contributed by atoms with Crippen molar-refractivity contribution in [2.24, 2.45) is 0 Å². The summed E-state index contributed by atoms with van der Waals surface area (Å²) >= 11 is 0. The number of ketones is 1. The van der Waals surface area contributed by atoms with Crippen LogP contribution in [0.15, 0.2) is 42.5 Å². The summed E-state index contributed by atoms with van der Waals surface area (Å²) in [6, 6.07) is 10.8. The number of methoxy groups -OCH3 is 2. The molecule has 0 aliphatic heterocycles. The Hall–Kier alpha value is -2.95. The molecule has 138 valence electrons. The minimum absolute atomic E-state index is 0.144. The summed E-state index contributed by atoms with van der Waals surface area (Å²) in [5.41, 5.74) is 2.19. The van der Waals surface area contributed by atoms with Crippen LogP contribution in [0.2, 0.25) is 0 Å². The normalized spacial score (nSPS) is 10.8. The van der Waals surface area contributed by atoms with Crippen molar-refractivity contribution in [3.8, 4) is 17.2 Å². The van der Waals surface area contributed by atoms with Crippen LogP contribution in [-0.2, 0) is 0 Å². The first kappa shape index (κ1) is 19.4. The topological polar surface area (TPSA) is 59.0 Å². The molecule has 0 saturated heterocycles. The van der Waals surface area contributed by atoms with Crippen LogP contribution in [0.4, 0.5) is 5.69 Å². The summed E-state index contributed by atoms with van der Waals surface area (Å²) < 4.78 is 10.3. The van der Waals surface area contributed by atoms with E-state index in [1.807, 2.05) is 24.3 Å². The van der Waals surface area contributed by atoms with Crippen molar-refractivity contribution in [1.82, 2.24) is 0 Å². The molecule has 0 fully saturated rings. The fourth-order valence-corrected chi connectivity index (χ4v) is 2.74. The number of hydrogen-bond acceptors (Lipinski definition) is 5. The van der Waals surface area contributed by atoms with E-state index in [2.05, 4.69) is 18.7 Å². The number of aromatic hydroxyl groups is 1. The van der Waals surface area contributed by atoms with Gasteiger partial charge in [0.15, 0.2) is 17.3 Å². The van der Waals surface area contributed by atoms with Gasteiger partial charge in [0, 0.05) is 24.8 Å². The second kappa shape index (κ2) is 8.94. The number of rotatable bonds is 8. The van der Waals surface area contributed by atoms with Gasteiger partial charge in [-0.1, -0.05) is 18.2 Å². The number of phenols is 1. The van der Waals surface area contributed by atoms with Crippen LogP contribution in [-0.4, -0.2) is 38.2 Å². The zero-order valence-corrected chi connectivity index (χ0v) is 15.7. The van der Waals surface area contributed by atoms with Crippen molar-refractivity contribution >= 4 is 17.5 Å². The summed E-state index contributed by atoms with van der Waals surface area (Å²) in [6.45, 7) is 6.05. The molecule has 1 N–H and O–H groups in total. The molecule has 0 aliphatic rings. The first-order valence-corrected chi connectivity index (χ1v) is 8.56. The monoisotopic (exact) mass is 355 g/mol. The maximum absolute atomic E-state index is 12.5. The molecule has 0 bridgehead atoms. The highest BCUT2D eigenvalue weighted by molar-refractivity contribution is 6.09. The number of anilines is 1. The zero-order chi connectivity index (χ0) is 19.1. The molecule has 2 aromatic carbocycles. The summed E-state index contributed by atoms with van der Waals surface area (Å²) in [4.78, 5) is 14.7. The van der Waals surface area contributed by atoms with Gasteiger partial charge in [0.05, 0.1) is 19.8 Å². The molecule has 0 unspecified atom stereocenters. The first-order valence-electron chi connectivity index (χ1n) is 8.56. The predicted octanol–water partition coefficient (Wildman–Crippen LogP) is 4.15. The molecule has 0 aromatic heterocycles. The lowest BCUT2D eigenvalue weighted by Gasteiger charge is -2.21. The van der Waals surface area contributed by atoms with Crippen LogP contribution < -0.4 is 14.4 Å². The zero-order valence-electron chi connectivity index (χ0n) is 15.7. The molecule has 5 nitrogen and oxygen atoms in total. The van der Waals surface area contributed by atoms with Gasteiger partial charge in [-0.15, -0.1) is 0 Å². The Kier molecular flexibility index (Phi) is 6.67. The highest BCUT2D eigenvalue weighted by Crippen LogP contribution is 2.34. The highest BCUT2D eigenvalue weighted by Gasteiger charge is 2.14. The third-order valence-corrected chi connectivity index (χ3v) is 4.19. The van der Waals surface area contributed by atoms with Gasteiger partial charge in [0.25, 0.3) is 0 Å². The molecule has 0 heterocycles. The van der Waals surface area contributed by atoms with Crippen molar-refractivity contribution in [2.75, 3.05) is 32.2 Å². The molecule has 2 aromatic rings. The molecule has 0 radical (unpaired) electrons. The number of phenolic OH excluding ortho intramolecular Hbond substituents is 1. The molecule has 0 amide bonds. The van der Waals surface area contributed by atoms with E-state index in [-0.39, 0.29) is 17.1 Å². The summed E-state index contributed by atoms with van der Waals surface area (Å²) in [7, 11) is 2.96. The lowest BCUT2D eigenvalue weighted by molar-refractivity contribution is 0.104. The van der Waals surface area contributed by atoms with Crippen LogP contribution in [0.3, 0.4) is 0 Å². The average Bonchev–Trinajstić information content (AvgIpc) is 2.67. The molecule has 5 heteroatoms. The van der Waals surface area contributed by atoms with Crippen molar-refractivity contribution in [2.45, 2.75) is 13.8 Å². The minimum atomic E-state index is -0.309. The Labute approximate surface area is 154 Å². The largest absolute Gasteiger partial charge is 0.507 e. The van der Waals surface area contributed by atoms with Crippen LogP contribution in [0, 0.1) is 0 Å². The molecule has 0 saturated carbocycles. The van der Waals surface area contributed by atoms with Gasteiger partial charge >= 0.3 is 0 Å². The van der Waals surface area contributed by atoms with E-state index in [0.717, 1.165) is 24.3 Å². The first-order chi connectivity index (χ1) is 12.5. The number of allylic oxidation sites excluding steroid dienone is 1. The molecule has 0 spiro atoms. The number of ether oxygens (including phenoxy) is 2. The SMILES string of the molecule is CCN(CC)c1cccc(/C=C/C(=O)c2cc(OC)c(OC)cc2O)c1. The van der Waals surface area contributed by atoms with Gasteiger partial charge in [-0.3, -0.25) is 4.79 Å². The average molecular weight is 355 g/mol. The van der Waals surface area contributed by atoms with Crippen LogP contribution in [0.1, 0.15) is 29.8 Å². The highest BCUT2D eigenvalue weighted by atomic mass is 16.5. The number of nitrogens with zero attached hydrogens (tertiary/aromatic N) is 1. The predicted molar refractivity (Wildman–Crippen MR) is 105 cm³/mol. The molecule has 26 heavy (non-hydrogen) atoms. The van der Waals surface area contributed by atoms with E-state index in [1.54, 1.807) is 6.08 Å². The number of benzene rings is 2. The van der Waals surface area contributed by atoms with E-state index in [0.29, 0.717) is 11.5 Å². The standard InChI is InChI=1S/C21H25NO4/c1-5-22(6-2)16-9-7-8-15(12-16)10-11-18(23)17-13-20(25-3)21(26-4)14-19(17)24/h7-14,24H,5-6H2,1-4H3/b11-10+. The van der Waals surface area contributed by atoms with E-state index >= 15 is 0 Å². The van der Waals surface area contributed by atoms with Crippen LogP contribution >= 0.6 is 0 Å². The minimum Gasteiger partial charge on any atom is -0.507 e. The van der Waals surface area contributed by atoms with Gasteiger partial charge in [0.1, 0.15) is 5.75 Å². The second-order valence-corrected chi connectivity index (χ2v) is 5.69. The van der Waals surface area contributed by atoms with E-state index in [1.165, 1.54) is 32.4 Å². The smallest absolute Gasteiger partial charge is 0.189 e. The van der Waals surface area contributed by atoms with Gasteiger partial charge in [0.2, 0.25) is 0 Å². The Bertz CT molecular complexity index is 795. The Morgan fingerprint density at radius 3 is 2.35 bits per heavy atom. The van der Waals surface area contributed by atoms with Crippen LogP contribution in [0.25, 0.3) is 6.08 Å². The fraction of sp³-hybridized carbons (Fsp3) is 0.286. The quantitative estimate of drug-likeness (QED) is 0.569. The maximum Gasteiger partial charge on any atom is 0.189 e. The Balaban J connectivity index is 2.26. The van der Waals surface area contributed by atoms with Crippen molar-refractivity contribution < 1.29 is 19.4 Å². The Morgan fingerprint density at radius 2 is 1.73 bits per heavy atom. The molecule has 2 rings (SSSR count). The number of carbonyl (C=O) groups is 1. The third kappa shape index (κ3) is 4.36. The number of carbonyl (C=O) groups excluding carboxylic acids is 1. The second-order valence-electron chi connectivity index (χ2n) is 5.69. The number of hydrogen-bond donors (Lipinski definition) is 1. The summed E-state index contributed by atoms with van der Waals surface area (Å²) in [5, 5.41) is 10.1. The van der Waals surface area contributed by atoms with Crippen molar-refractivity contribution in [1.29, 1.82) is 0 Å². The third-order valence-electron chi connectivity index (χ3n) is 4.19. The molecular weight excluding hydrogens is 330 g/mol. The van der Waals surface area contributed by atoms with Crippen molar-refractivity contribution in [3.05, 3.63) is 53.6 Å². The van der Waals surface area contributed by atoms with Gasteiger partial charge in [-0.25, -0.2) is 0 Å². The van der Waals surface area contributed by atoms with Gasteiger partial charge in [-0.2, -0.15) is 0 Å². The molecule has 0 atom stereocenters. The summed E-state index contributed by atoms with van der Waals surface area (Å²) in [5.74, 6) is 0.314. The van der Waals surface area contributed by atoms with E-state index in [4.69, 9.17) is 9.47 Å². The molecular formula is C21H25NO4. The van der Waals surface area contributed by atoms with E-state index in [9.17, 15) is 9.90 Å². The molecule has 0 aliphatic carbocycles. The van der Waals surface area contributed by atoms with Crippen LogP contribution in [0.5, 0.6) is 17.2 Å². The summed E-state index contributed by atoms with van der Waals surface area (Å²) in [6.07, 6.45) is 3.19. The van der Waals surface area contributed by atoms with Gasteiger partial charge in [-0.05, 0) is 43.7 Å². The fourth-order valence-electron chi connectivity index (χ4n) is 2.74. The maximum atomic E-state index is 12.5. The Morgan fingerprint density at radius 1 is 1.08 bits per heavy atom.